The maximum atomic E-state index is 11.7. The van der Waals surface area contributed by atoms with Crippen LogP contribution < -0.4 is 5.73 Å². The Kier molecular flexibility index (Phi) is 6.30. The van der Waals surface area contributed by atoms with Crippen LogP contribution in [-0.2, 0) is 9.53 Å². The average molecular weight is 258 g/mol. The topological polar surface area (TPSA) is 55.6 Å². The normalized spacial score (nSPS) is 17.4. The van der Waals surface area contributed by atoms with Gasteiger partial charge in [-0.2, -0.15) is 0 Å². The lowest BCUT2D eigenvalue weighted by atomic mass is 9.86. The molecule has 0 aliphatic heterocycles. The van der Waals surface area contributed by atoms with Gasteiger partial charge in [0, 0.05) is 12.6 Å². The lowest BCUT2D eigenvalue weighted by Gasteiger charge is -2.36. The first kappa shape index (κ1) is 17.4. The average Bonchev–Trinajstić information content (AvgIpc) is 2.24. The van der Waals surface area contributed by atoms with Crippen molar-refractivity contribution in [1.29, 1.82) is 0 Å². The molecule has 0 saturated heterocycles. The monoisotopic (exact) mass is 258 g/mol. The van der Waals surface area contributed by atoms with Crippen molar-refractivity contribution in [3.63, 3.8) is 0 Å². The second-order valence-electron chi connectivity index (χ2n) is 6.41. The summed E-state index contributed by atoms with van der Waals surface area (Å²) < 4.78 is 4.98. The van der Waals surface area contributed by atoms with Gasteiger partial charge in [-0.15, -0.1) is 0 Å². The molecule has 0 fully saturated rings. The van der Waals surface area contributed by atoms with Gasteiger partial charge in [-0.25, -0.2) is 0 Å². The fraction of sp³-hybridized carbons (Fsp3) is 0.929. The number of nitrogens with zero attached hydrogens (tertiary/aromatic N) is 1. The van der Waals surface area contributed by atoms with E-state index in [0.29, 0.717) is 19.1 Å². The molecule has 0 rings (SSSR count). The van der Waals surface area contributed by atoms with Crippen molar-refractivity contribution < 1.29 is 9.53 Å². The van der Waals surface area contributed by atoms with Crippen LogP contribution in [-0.4, -0.2) is 42.6 Å². The molecular formula is C14H30N2O2. The zero-order chi connectivity index (χ0) is 14.6. The third-order valence-corrected chi connectivity index (χ3v) is 3.64. The highest BCUT2D eigenvalue weighted by Crippen LogP contribution is 2.23. The lowest BCUT2D eigenvalue weighted by molar-refractivity contribution is -0.149. The smallest absolute Gasteiger partial charge is 0.325 e. The van der Waals surface area contributed by atoms with E-state index >= 15 is 0 Å². The van der Waals surface area contributed by atoms with Gasteiger partial charge in [0.1, 0.15) is 5.54 Å². The van der Waals surface area contributed by atoms with Crippen molar-refractivity contribution in [2.24, 2.45) is 11.1 Å². The summed E-state index contributed by atoms with van der Waals surface area (Å²) in [6, 6.07) is 0.426. The molecule has 0 aliphatic carbocycles. The van der Waals surface area contributed by atoms with E-state index in [-0.39, 0.29) is 11.4 Å². The third-order valence-electron chi connectivity index (χ3n) is 3.64. The van der Waals surface area contributed by atoms with E-state index in [1.165, 1.54) is 0 Å². The van der Waals surface area contributed by atoms with Crippen molar-refractivity contribution in [1.82, 2.24) is 4.90 Å². The van der Waals surface area contributed by atoms with Crippen LogP contribution in [0.15, 0.2) is 0 Å². The minimum atomic E-state index is -0.901. The van der Waals surface area contributed by atoms with Gasteiger partial charge in [-0.05, 0) is 39.7 Å². The zero-order valence-corrected chi connectivity index (χ0v) is 13.0. The van der Waals surface area contributed by atoms with E-state index in [1.807, 2.05) is 0 Å². The molecule has 0 bridgehead atoms. The largest absolute Gasteiger partial charge is 0.465 e. The Morgan fingerprint density at radius 2 is 1.83 bits per heavy atom. The highest BCUT2D eigenvalue weighted by atomic mass is 16.5. The van der Waals surface area contributed by atoms with Gasteiger partial charge in [0.25, 0.3) is 0 Å². The van der Waals surface area contributed by atoms with Crippen LogP contribution in [0.1, 0.15) is 48.0 Å². The van der Waals surface area contributed by atoms with Crippen LogP contribution in [0.4, 0.5) is 0 Å². The van der Waals surface area contributed by atoms with Crippen molar-refractivity contribution >= 4 is 5.97 Å². The molecular weight excluding hydrogens is 228 g/mol. The van der Waals surface area contributed by atoms with Gasteiger partial charge < -0.3 is 15.4 Å². The van der Waals surface area contributed by atoms with Crippen molar-refractivity contribution in [3.8, 4) is 0 Å². The Balaban J connectivity index is 4.36. The van der Waals surface area contributed by atoms with Crippen LogP contribution in [0.2, 0.25) is 0 Å². The third kappa shape index (κ3) is 5.36. The number of ether oxygens (including phenoxy) is 1. The predicted octanol–water partition coefficient (Wildman–Crippen LogP) is 2.02. The second-order valence-corrected chi connectivity index (χ2v) is 6.41. The van der Waals surface area contributed by atoms with E-state index in [4.69, 9.17) is 10.5 Å². The molecule has 0 heterocycles. The maximum absolute atomic E-state index is 11.7. The van der Waals surface area contributed by atoms with Crippen molar-refractivity contribution in [2.75, 3.05) is 20.2 Å². The number of rotatable bonds is 6. The Labute approximate surface area is 112 Å². The molecule has 0 aliphatic rings. The molecule has 0 aromatic heterocycles. The number of nitrogens with two attached hydrogens (primary N) is 1. The molecule has 0 aromatic carbocycles. The van der Waals surface area contributed by atoms with E-state index in [2.05, 4.69) is 39.6 Å². The van der Waals surface area contributed by atoms with Gasteiger partial charge in [-0.3, -0.25) is 4.79 Å². The van der Waals surface area contributed by atoms with Gasteiger partial charge in [-0.1, -0.05) is 20.8 Å². The van der Waals surface area contributed by atoms with Gasteiger partial charge >= 0.3 is 5.97 Å². The molecule has 2 N–H and O–H groups in total. The lowest BCUT2D eigenvalue weighted by Crippen LogP contribution is -2.49. The number of carbonyl (C=O) groups is 1. The van der Waals surface area contributed by atoms with Gasteiger partial charge in [0.15, 0.2) is 0 Å². The van der Waals surface area contributed by atoms with Crippen LogP contribution >= 0.6 is 0 Å². The fourth-order valence-electron chi connectivity index (χ4n) is 1.66. The van der Waals surface area contributed by atoms with E-state index in [0.717, 1.165) is 6.54 Å². The van der Waals surface area contributed by atoms with Gasteiger partial charge in [0.2, 0.25) is 0 Å². The summed E-state index contributed by atoms with van der Waals surface area (Å²) in [5.74, 6) is -0.318. The summed E-state index contributed by atoms with van der Waals surface area (Å²) in [6.07, 6.45) is 0.600. The summed E-state index contributed by atoms with van der Waals surface area (Å²) in [7, 11) is 2.07. The molecule has 18 heavy (non-hydrogen) atoms. The number of hydrogen-bond acceptors (Lipinski definition) is 4. The highest BCUT2D eigenvalue weighted by molar-refractivity contribution is 5.79. The Hall–Kier alpha value is -0.610. The minimum absolute atomic E-state index is 0.212. The molecule has 2 atom stereocenters. The molecule has 108 valence electrons. The van der Waals surface area contributed by atoms with Crippen LogP contribution in [0.25, 0.3) is 0 Å². The first-order valence-electron chi connectivity index (χ1n) is 6.68. The minimum Gasteiger partial charge on any atom is -0.465 e. The van der Waals surface area contributed by atoms with Crippen molar-refractivity contribution in [3.05, 3.63) is 0 Å². The summed E-state index contributed by atoms with van der Waals surface area (Å²) in [5.41, 5.74) is 5.31. The Morgan fingerprint density at radius 1 is 1.33 bits per heavy atom. The Bertz CT molecular complexity index is 269. The molecule has 0 saturated carbocycles. The van der Waals surface area contributed by atoms with Crippen LogP contribution in [0.3, 0.4) is 0 Å². The highest BCUT2D eigenvalue weighted by Gasteiger charge is 2.31. The first-order valence-corrected chi connectivity index (χ1v) is 6.68. The maximum Gasteiger partial charge on any atom is 0.325 e. The molecule has 4 heteroatoms. The van der Waals surface area contributed by atoms with E-state index < -0.39 is 5.54 Å². The summed E-state index contributed by atoms with van der Waals surface area (Å²) >= 11 is 0. The number of esters is 1. The van der Waals surface area contributed by atoms with Gasteiger partial charge in [0.05, 0.1) is 6.61 Å². The SMILES string of the molecule is CCOC(=O)C(C)(N)CCN(C)C(C)C(C)(C)C. The molecule has 2 unspecified atom stereocenters. The predicted molar refractivity (Wildman–Crippen MR) is 75.4 cm³/mol. The molecule has 4 nitrogen and oxygen atoms in total. The van der Waals surface area contributed by atoms with E-state index in [9.17, 15) is 4.79 Å². The van der Waals surface area contributed by atoms with Crippen LogP contribution in [0.5, 0.6) is 0 Å². The zero-order valence-electron chi connectivity index (χ0n) is 13.0. The van der Waals surface area contributed by atoms with Crippen molar-refractivity contribution in [2.45, 2.75) is 59.5 Å². The number of carbonyl (C=O) groups excluding carboxylic acids is 1. The van der Waals surface area contributed by atoms with E-state index in [1.54, 1.807) is 13.8 Å². The molecule has 0 spiro atoms. The summed E-state index contributed by atoms with van der Waals surface area (Å²) in [6.45, 7) is 13.5. The standard InChI is InChI=1S/C14H30N2O2/c1-8-18-12(17)14(6,15)9-10-16(7)11(2)13(3,4)5/h11H,8-10,15H2,1-7H3. The summed E-state index contributed by atoms with van der Waals surface area (Å²) in [4.78, 5) is 13.9. The quantitative estimate of drug-likeness (QED) is 0.741. The fourth-order valence-corrected chi connectivity index (χ4v) is 1.66. The first-order chi connectivity index (χ1) is 8.02. The second kappa shape index (κ2) is 6.53. The number of hydrogen-bond donors (Lipinski definition) is 1. The molecule has 0 radical (unpaired) electrons. The van der Waals surface area contributed by atoms with Crippen LogP contribution in [0, 0.1) is 5.41 Å². The summed E-state index contributed by atoms with van der Waals surface area (Å²) in [5, 5.41) is 0. The molecule has 0 amide bonds. The Morgan fingerprint density at radius 3 is 2.22 bits per heavy atom. The molecule has 0 aromatic rings.